The molecule has 3 aromatic rings. The highest BCUT2D eigenvalue weighted by Crippen LogP contribution is 2.19. The van der Waals surface area contributed by atoms with Gasteiger partial charge in [0.25, 0.3) is 0 Å². The molecule has 1 aromatic heterocycles. The molecule has 0 bridgehead atoms. The van der Waals surface area contributed by atoms with E-state index in [1.54, 1.807) is 17.6 Å². The van der Waals surface area contributed by atoms with Crippen molar-refractivity contribution in [2.24, 2.45) is 0 Å². The second-order valence-electron chi connectivity index (χ2n) is 4.31. The number of carbonyl (C=O) groups is 2. The Morgan fingerprint density at radius 2 is 1.71 bits per heavy atom. The van der Waals surface area contributed by atoms with E-state index >= 15 is 0 Å². The number of hydrogen-bond acceptors (Lipinski definition) is 4. The Labute approximate surface area is 124 Å². The Morgan fingerprint density at radius 3 is 2.48 bits per heavy atom. The number of carbonyl (C=O) groups excluding carboxylic acids is 2. The van der Waals surface area contributed by atoms with Crippen molar-refractivity contribution in [2.45, 2.75) is 0 Å². The topological polar surface area (TPSA) is 71.1 Å². The van der Waals surface area contributed by atoms with E-state index in [0.29, 0.717) is 10.8 Å². The highest BCUT2D eigenvalue weighted by molar-refractivity contribution is 7.13. The Hall–Kier alpha value is -2.73. The second kappa shape index (κ2) is 5.72. The lowest BCUT2D eigenvalue weighted by Crippen LogP contribution is -2.28. The van der Waals surface area contributed by atoms with Crippen molar-refractivity contribution in [1.29, 1.82) is 0 Å². The molecule has 0 atom stereocenters. The van der Waals surface area contributed by atoms with Gasteiger partial charge in [-0.25, -0.2) is 4.98 Å². The van der Waals surface area contributed by atoms with Crippen LogP contribution in [0.4, 0.5) is 10.8 Å². The molecule has 2 aromatic carbocycles. The van der Waals surface area contributed by atoms with Gasteiger partial charge < -0.3 is 5.32 Å². The van der Waals surface area contributed by atoms with Crippen LogP contribution in [0.3, 0.4) is 0 Å². The Morgan fingerprint density at radius 1 is 0.952 bits per heavy atom. The van der Waals surface area contributed by atoms with Crippen LogP contribution in [0.15, 0.2) is 54.0 Å². The van der Waals surface area contributed by atoms with Crippen molar-refractivity contribution in [1.82, 2.24) is 4.98 Å². The van der Waals surface area contributed by atoms with Crippen LogP contribution in [0.25, 0.3) is 10.8 Å². The van der Waals surface area contributed by atoms with Crippen LogP contribution in [0.5, 0.6) is 0 Å². The predicted molar refractivity (Wildman–Crippen MR) is 83.3 cm³/mol. The van der Waals surface area contributed by atoms with E-state index in [0.717, 1.165) is 10.8 Å². The molecule has 0 unspecified atom stereocenters. The third-order valence-corrected chi connectivity index (χ3v) is 3.55. The first-order valence-corrected chi connectivity index (χ1v) is 7.11. The first kappa shape index (κ1) is 13.3. The summed E-state index contributed by atoms with van der Waals surface area (Å²) in [7, 11) is 0. The number of nitrogens with one attached hydrogen (secondary N) is 2. The van der Waals surface area contributed by atoms with Gasteiger partial charge in [-0.2, -0.15) is 0 Å². The summed E-state index contributed by atoms with van der Waals surface area (Å²) in [5, 5.41) is 9.19. The average Bonchev–Trinajstić information content (AvgIpc) is 3.00. The Kier molecular flexibility index (Phi) is 3.61. The van der Waals surface area contributed by atoms with E-state index in [-0.39, 0.29) is 0 Å². The maximum Gasteiger partial charge on any atom is 0.315 e. The number of benzene rings is 2. The van der Waals surface area contributed by atoms with Gasteiger partial charge in [-0.15, -0.1) is 11.3 Å². The van der Waals surface area contributed by atoms with Crippen molar-refractivity contribution in [3.63, 3.8) is 0 Å². The molecule has 2 amide bonds. The lowest BCUT2D eigenvalue weighted by atomic mass is 10.1. The van der Waals surface area contributed by atoms with E-state index in [2.05, 4.69) is 15.6 Å². The minimum atomic E-state index is -0.738. The van der Waals surface area contributed by atoms with Gasteiger partial charge in [-0.05, 0) is 22.9 Å². The number of anilines is 2. The minimum absolute atomic E-state index is 0.397. The third kappa shape index (κ3) is 3.06. The molecule has 0 aliphatic rings. The number of amides is 2. The molecular formula is C15H11N3O2S. The molecule has 1 heterocycles. The van der Waals surface area contributed by atoms with Crippen LogP contribution in [0.2, 0.25) is 0 Å². The van der Waals surface area contributed by atoms with Gasteiger partial charge in [0.05, 0.1) is 0 Å². The van der Waals surface area contributed by atoms with Gasteiger partial charge in [-0.3, -0.25) is 14.9 Å². The molecule has 0 saturated carbocycles. The van der Waals surface area contributed by atoms with Crippen molar-refractivity contribution >= 4 is 44.7 Å². The summed E-state index contributed by atoms with van der Waals surface area (Å²) in [6, 6.07) is 13.3. The van der Waals surface area contributed by atoms with Gasteiger partial charge in [0.15, 0.2) is 5.13 Å². The molecule has 0 spiro atoms. The molecule has 0 saturated heterocycles. The zero-order valence-corrected chi connectivity index (χ0v) is 11.7. The van der Waals surface area contributed by atoms with Crippen LogP contribution >= 0.6 is 11.3 Å². The van der Waals surface area contributed by atoms with E-state index in [1.165, 1.54) is 11.3 Å². The van der Waals surface area contributed by atoms with Crippen LogP contribution in [0.1, 0.15) is 0 Å². The van der Waals surface area contributed by atoms with Crippen molar-refractivity contribution in [2.75, 3.05) is 10.6 Å². The Balaban J connectivity index is 1.72. The maximum absolute atomic E-state index is 11.8. The third-order valence-electron chi connectivity index (χ3n) is 2.87. The molecular weight excluding hydrogens is 286 g/mol. The number of aromatic nitrogens is 1. The molecule has 6 heteroatoms. The number of thiazole rings is 1. The number of fused-ring (bicyclic) bond motifs is 1. The molecule has 104 valence electrons. The first-order valence-electron chi connectivity index (χ1n) is 6.23. The SMILES string of the molecule is O=C(Nc1ccc2ccccc2c1)C(=O)Nc1nccs1. The van der Waals surface area contributed by atoms with Crippen molar-refractivity contribution in [3.05, 3.63) is 54.0 Å². The van der Waals surface area contributed by atoms with Crippen molar-refractivity contribution < 1.29 is 9.59 Å². The van der Waals surface area contributed by atoms with Gasteiger partial charge >= 0.3 is 11.8 Å². The van der Waals surface area contributed by atoms with Crippen LogP contribution < -0.4 is 10.6 Å². The summed E-state index contributed by atoms with van der Waals surface area (Å²) in [5.41, 5.74) is 0.577. The summed E-state index contributed by atoms with van der Waals surface area (Å²) >= 11 is 1.25. The zero-order chi connectivity index (χ0) is 14.7. The number of rotatable bonds is 2. The van der Waals surface area contributed by atoms with Gasteiger partial charge in [0.2, 0.25) is 0 Å². The van der Waals surface area contributed by atoms with Gasteiger partial charge in [0.1, 0.15) is 0 Å². The van der Waals surface area contributed by atoms with E-state index in [4.69, 9.17) is 0 Å². The van der Waals surface area contributed by atoms with E-state index in [9.17, 15) is 9.59 Å². The van der Waals surface area contributed by atoms with E-state index in [1.807, 2.05) is 36.4 Å². The molecule has 0 aliphatic carbocycles. The van der Waals surface area contributed by atoms with E-state index < -0.39 is 11.8 Å². The molecule has 5 nitrogen and oxygen atoms in total. The standard InChI is InChI=1S/C15H11N3O2S/c19-13(14(20)18-15-16-7-8-21-15)17-12-6-5-10-3-1-2-4-11(10)9-12/h1-9H,(H,17,19)(H,16,18,20). The first-order chi connectivity index (χ1) is 10.2. The summed E-state index contributed by atoms with van der Waals surface area (Å²) in [6.07, 6.45) is 1.56. The average molecular weight is 297 g/mol. The van der Waals surface area contributed by atoms with Gasteiger partial charge in [0, 0.05) is 17.3 Å². The Bertz CT molecular complexity index is 800. The minimum Gasteiger partial charge on any atom is -0.318 e. The van der Waals surface area contributed by atoms with Crippen LogP contribution in [-0.2, 0) is 9.59 Å². The molecule has 0 fully saturated rings. The monoisotopic (exact) mass is 297 g/mol. The summed E-state index contributed by atoms with van der Waals surface area (Å²) in [4.78, 5) is 27.4. The zero-order valence-electron chi connectivity index (χ0n) is 10.9. The number of nitrogens with zero attached hydrogens (tertiary/aromatic N) is 1. The normalized spacial score (nSPS) is 10.3. The lowest BCUT2D eigenvalue weighted by molar-refractivity contribution is -0.132. The van der Waals surface area contributed by atoms with Crippen molar-refractivity contribution in [3.8, 4) is 0 Å². The highest BCUT2D eigenvalue weighted by atomic mass is 32.1. The smallest absolute Gasteiger partial charge is 0.315 e. The fourth-order valence-corrected chi connectivity index (χ4v) is 2.42. The molecule has 3 rings (SSSR count). The lowest BCUT2D eigenvalue weighted by Gasteiger charge is -2.06. The molecule has 0 radical (unpaired) electrons. The fraction of sp³-hybridized carbons (Fsp3) is 0. The summed E-state index contributed by atoms with van der Waals surface area (Å²) < 4.78 is 0. The summed E-state index contributed by atoms with van der Waals surface area (Å²) in [6.45, 7) is 0. The van der Waals surface area contributed by atoms with Crippen LogP contribution in [0, 0.1) is 0 Å². The predicted octanol–water partition coefficient (Wildman–Crippen LogP) is 2.87. The maximum atomic E-state index is 11.8. The highest BCUT2D eigenvalue weighted by Gasteiger charge is 2.15. The molecule has 2 N–H and O–H groups in total. The molecule has 21 heavy (non-hydrogen) atoms. The molecule has 0 aliphatic heterocycles. The largest absolute Gasteiger partial charge is 0.318 e. The van der Waals surface area contributed by atoms with Crippen LogP contribution in [-0.4, -0.2) is 16.8 Å². The number of hydrogen-bond donors (Lipinski definition) is 2. The second-order valence-corrected chi connectivity index (χ2v) is 5.20. The van der Waals surface area contributed by atoms with Gasteiger partial charge in [-0.1, -0.05) is 30.3 Å². The fourth-order valence-electron chi connectivity index (χ4n) is 1.89. The quantitative estimate of drug-likeness (QED) is 0.714. The summed E-state index contributed by atoms with van der Waals surface area (Å²) in [5.74, 6) is -1.46.